The van der Waals surface area contributed by atoms with Crippen molar-refractivity contribution in [2.75, 3.05) is 25.4 Å². The molecule has 1 saturated heterocycles. The van der Waals surface area contributed by atoms with E-state index in [0.29, 0.717) is 13.1 Å². The van der Waals surface area contributed by atoms with Gasteiger partial charge in [-0.15, -0.1) is 0 Å². The standard InChI is InChI=1S/C20H25NO3S/c1-2-13-21-14-19(15-21)24-25(22,23)16-20(17-9-5-3-6-10-17)18-11-7-4-8-12-18/h3-12,19-20H,2,13-16H2,1H3. The summed E-state index contributed by atoms with van der Waals surface area (Å²) in [7, 11) is -3.60. The van der Waals surface area contributed by atoms with Gasteiger partial charge in [0.1, 0.15) is 6.10 Å². The van der Waals surface area contributed by atoms with Gasteiger partial charge < -0.3 is 0 Å². The molecule has 0 saturated carbocycles. The number of likely N-dealkylation sites (tertiary alicyclic amines) is 1. The van der Waals surface area contributed by atoms with Gasteiger partial charge in [0.25, 0.3) is 10.1 Å². The topological polar surface area (TPSA) is 46.6 Å². The molecule has 0 aromatic heterocycles. The zero-order chi connectivity index (χ0) is 17.7. The van der Waals surface area contributed by atoms with Crippen molar-refractivity contribution in [1.29, 1.82) is 0 Å². The summed E-state index contributed by atoms with van der Waals surface area (Å²) in [6.45, 7) is 4.52. The first-order valence-electron chi connectivity index (χ1n) is 8.80. The molecular weight excluding hydrogens is 334 g/mol. The van der Waals surface area contributed by atoms with E-state index in [4.69, 9.17) is 4.18 Å². The Morgan fingerprint density at radius 3 is 2.00 bits per heavy atom. The fourth-order valence-corrected chi connectivity index (χ4v) is 4.70. The van der Waals surface area contributed by atoms with Crippen LogP contribution < -0.4 is 0 Å². The van der Waals surface area contributed by atoms with E-state index in [1.807, 2.05) is 60.7 Å². The summed E-state index contributed by atoms with van der Waals surface area (Å²) in [5.41, 5.74) is 1.98. The third-order valence-electron chi connectivity index (χ3n) is 4.52. The van der Waals surface area contributed by atoms with Crippen LogP contribution in [0.3, 0.4) is 0 Å². The van der Waals surface area contributed by atoms with E-state index in [1.165, 1.54) is 0 Å². The number of hydrogen-bond donors (Lipinski definition) is 0. The number of hydrogen-bond acceptors (Lipinski definition) is 4. The molecule has 1 heterocycles. The third-order valence-corrected chi connectivity index (χ3v) is 5.83. The Kier molecular flexibility index (Phi) is 5.89. The van der Waals surface area contributed by atoms with E-state index in [9.17, 15) is 8.42 Å². The highest BCUT2D eigenvalue weighted by Gasteiger charge is 2.32. The van der Waals surface area contributed by atoms with Gasteiger partial charge in [-0.05, 0) is 24.1 Å². The van der Waals surface area contributed by atoms with Crippen molar-refractivity contribution in [3.8, 4) is 0 Å². The Balaban J connectivity index is 1.72. The summed E-state index contributed by atoms with van der Waals surface area (Å²) < 4.78 is 30.7. The summed E-state index contributed by atoms with van der Waals surface area (Å²) in [6.07, 6.45) is 0.868. The molecule has 1 aliphatic heterocycles. The average molecular weight is 359 g/mol. The molecule has 0 atom stereocenters. The largest absolute Gasteiger partial charge is 0.298 e. The van der Waals surface area contributed by atoms with Crippen molar-refractivity contribution in [2.45, 2.75) is 25.4 Å². The Bertz CT molecular complexity index is 717. The maximum absolute atomic E-state index is 12.6. The van der Waals surface area contributed by atoms with Crippen LogP contribution in [0.15, 0.2) is 60.7 Å². The van der Waals surface area contributed by atoms with E-state index < -0.39 is 10.1 Å². The van der Waals surface area contributed by atoms with Gasteiger partial charge in [0.15, 0.2) is 0 Å². The van der Waals surface area contributed by atoms with Crippen LogP contribution in [0.25, 0.3) is 0 Å². The van der Waals surface area contributed by atoms with E-state index in [-0.39, 0.29) is 17.8 Å². The highest BCUT2D eigenvalue weighted by Crippen LogP contribution is 2.27. The van der Waals surface area contributed by atoms with Crippen molar-refractivity contribution in [3.05, 3.63) is 71.8 Å². The lowest BCUT2D eigenvalue weighted by atomic mass is 9.93. The fourth-order valence-electron chi connectivity index (χ4n) is 3.29. The quantitative estimate of drug-likeness (QED) is 0.679. The summed E-state index contributed by atoms with van der Waals surface area (Å²) >= 11 is 0. The van der Waals surface area contributed by atoms with E-state index in [1.54, 1.807) is 0 Å². The molecule has 1 aliphatic rings. The van der Waals surface area contributed by atoms with Gasteiger partial charge in [0, 0.05) is 19.0 Å². The lowest BCUT2D eigenvalue weighted by Gasteiger charge is -2.38. The summed E-state index contributed by atoms with van der Waals surface area (Å²) in [5, 5.41) is 0. The maximum atomic E-state index is 12.6. The van der Waals surface area contributed by atoms with Crippen molar-refractivity contribution in [1.82, 2.24) is 4.90 Å². The first kappa shape index (κ1) is 18.1. The average Bonchev–Trinajstić information content (AvgIpc) is 2.59. The molecule has 25 heavy (non-hydrogen) atoms. The normalized spacial score (nSPS) is 16.1. The zero-order valence-electron chi connectivity index (χ0n) is 14.5. The lowest BCUT2D eigenvalue weighted by Crippen LogP contribution is -2.53. The Labute approximate surface area is 150 Å². The first-order chi connectivity index (χ1) is 12.1. The van der Waals surface area contributed by atoms with E-state index in [0.717, 1.165) is 24.1 Å². The molecule has 2 aromatic carbocycles. The van der Waals surface area contributed by atoms with Gasteiger partial charge in [-0.3, -0.25) is 9.08 Å². The van der Waals surface area contributed by atoms with Gasteiger partial charge in [-0.2, -0.15) is 8.42 Å². The van der Waals surface area contributed by atoms with Crippen LogP contribution in [0.2, 0.25) is 0 Å². The predicted molar refractivity (Wildman–Crippen MR) is 100 cm³/mol. The molecule has 0 unspecified atom stereocenters. The SMILES string of the molecule is CCCN1CC(OS(=O)(=O)CC(c2ccccc2)c2ccccc2)C1. The summed E-state index contributed by atoms with van der Waals surface area (Å²) in [5.74, 6) is -0.259. The second kappa shape index (κ2) is 8.13. The molecule has 0 amide bonds. The molecule has 4 nitrogen and oxygen atoms in total. The molecule has 0 N–H and O–H groups in total. The van der Waals surface area contributed by atoms with Gasteiger partial charge in [-0.1, -0.05) is 67.6 Å². The number of benzene rings is 2. The van der Waals surface area contributed by atoms with Gasteiger partial charge in [-0.25, -0.2) is 0 Å². The van der Waals surface area contributed by atoms with Crippen LogP contribution >= 0.6 is 0 Å². The Morgan fingerprint density at radius 2 is 1.52 bits per heavy atom. The fraction of sp³-hybridized carbons (Fsp3) is 0.400. The van der Waals surface area contributed by atoms with Crippen molar-refractivity contribution >= 4 is 10.1 Å². The van der Waals surface area contributed by atoms with Crippen molar-refractivity contribution in [3.63, 3.8) is 0 Å². The van der Waals surface area contributed by atoms with E-state index >= 15 is 0 Å². The molecule has 1 fully saturated rings. The molecule has 134 valence electrons. The second-order valence-electron chi connectivity index (χ2n) is 6.58. The highest BCUT2D eigenvalue weighted by molar-refractivity contribution is 7.86. The predicted octanol–water partition coefficient (Wildman–Crippen LogP) is 3.26. The zero-order valence-corrected chi connectivity index (χ0v) is 15.4. The summed E-state index contributed by atoms with van der Waals surface area (Å²) in [4.78, 5) is 2.21. The van der Waals surface area contributed by atoms with Gasteiger partial charge in [0.05, 0.1) is 5.75 Å². The number of rotatable bonds is 8. The van der Waals surface area contributed by atoms with Gasteiger partial charge in [0.2, 0.25) is 0 Å². The number of nitrogens with zero attached hydrogens (tertiary/aromatic N) is 1. The van der Waals surface area contributed by atoms with Gasteiger partial charge >= 0.3 is 0 Å². The highest BCUT2D eigenvalue weighted by atomic mass is 32.2. The Morgan fingerprint density at radius 1 is 1.00 bits per heavy atom. The molecule has 0 spiro atoms. The van der Waals surface area contributed by atoms with Crippen LogP contribution in [0.5, 0.6) is 0 Å². The second-order valence-corrected chi connectivity index (χ2v) is 8.22. The molecule has 5 heteroatoms. The van der Waals surface area contributed by atoms with Crippen LogP contribution in [0.4, 0.5) is 0 Å². The molecule has 3 rings (SSSR count). The van der Waals surface area contributed by atoms with E-state index in [2.05, 4.69) is 11.8 Å². The van der Waals surface area contributed by atoms with Crippen LogP contribution in [0.1, 0.15) is 30.4 Å². The molecular formula is C20H25NO3S. The minimum absolute atomic E-state index is 0.0364. The Hall–Kier alpha value is -1.69. The smallest absolute Gasteiger partial charge is 0.268 e. The van der Waals surface area contributed by atoms with Crippen LogP contribution in [0, 0.1) is 0 Å². The monoisotopic (exact) mass is 359 g/mol. The lowest BCUT2D eigenvalue weighted by molar-refractivity contribution is 0.0247. The molecule has 0 aliphatic carbocycles. The van der Waals surface area contributed by atoms with Crippen molar-refractivity contribution in [2.24, 2.45) is 0 Å². The molecule has 0 radical (unpaired) electrons. The van der Waals surface area contributed by atoms with Crippen LogP contribution in [-0.4, -0.2) is 44.8 Å². The van der Waals surface area contributed by atoms with Crippen molar-refractivity contribution < 1.29 is 12.6 Å². The maximum Gasteiger partial charge on any atom is 0.268 e. The minimum atomic E-state index is -3.60. The third kappa shape index (κ3) is 4.91. The first-order valence-corrected chi connectivity index (χ1v) is 10.4. The molecule has 2 aromatic rings. The van der Waals surface area contributed by atoms with Crippen LogP contribution in [-0.2, 0) is 14.3 Å². The molecule has 0 bridgehead atoms. The minimum Gasteiger partial charge on any atom is -0.298 e. The summed E-state index contributed by atoms with van der Waals surface area (Å²) in [6, 6.07) is 19.5.